The molecule has 3 atom stereocenters. The molecule has 1 amide bonds. The fourth-order valence-electron chi connectivity index (χ4n) is 4.05. The van der Waals surface area contributed by atoms with Crippen LogP contribution in [0.2, 0.25) is 0 Å². The highest BCUT2D eigenvalue weighted by molar-refractivity contribution is 5.73. The van der Waals surface area contributed by atoms with Crippen molar-refractivity contribution in [3.05, 3.63) is 64.7 Å². The van der Waals surface area contributed by atoms with Crippen molar-refractivity contribution in [3.63, 3.8) is 0 Å². The third-order valence-corrected chi connectivity index (χ3v) is 5.47. The summed E-state index contributed by atoms with van der Waals surface area (Å²) in [5.74, 6) is -0.908. The van der Waals surface area contributed by atoms with E-state index in [0.717, 1.165) is 36.6 Å². The number of hydrogen-bond acceptors (Lipinski definition) is 4. The first-order valence-corrected chi connectivity index (χ1v) is 10.2. The molecular weight excluding hydrogens is 390 g/mol. The Morgan fingerprint density at radius 2 is 1.97 bits per heavy atom. The van der Waals surface area contributed by atoms with Crippen molar-refractivity contribution >= 4 is 5.91 Å². The molecule has 0 radical (unpaired) electrons. The van der Waals surface area contributed by atoms with Gasteiger partial charge in [0.25, 0.3) is 0 Å². The minimum absolute atomic E-state index is 0.0584. The van der Waals surface area contributed by atoms with Gasteiger partial charge in [0.15, 0.2) is 0 Å². The van der Waals surface area contributed by atoms with Crippen LogP contribution in [-0.4, -0.2) is 36.8 Å². The normalized spacial score (nSPS) is 17.7. The number of aryl methyl sites for hydroxylation is 1. The van der Waals surface area contributed by atoms with E-state index in [9.17, 15) is 18.7 Å². The molecule has 3 unspecified atom stereocenters. The highest BCUT2D eigenvalue weighted by atomic mass is 19.1. The first-order chi connectivity index (χ1) is 14.4. The minimum Gasteiger partial charge on any atom is -0.497 e. The summed E-state index contributed by atoms with van der Waals surface area (Å²) in [6.45, 7) is 1.58. The maximum atomic E-state index is 13.5. The summed E-state index contributed by atoms with van der Waals surface area (Å²) in [5, 5.41) is 16.8. The summed E-state index contributed by atoms with van der Waals surface area (Å²) >= 11 is 0. The van der Waals surface area contributed by atoms with E-state index in [2.05, 4.69) is 16.7 Å². The van der Waals surface area contributed by atoms with Crippen LogP contribution >= 0.6 is 0 Å². The van der Waals surface area contributed by atoms with Gasteiger partial charge < -0.3 is 20.5 Å². The van der Waals surface area contributed by atoms with E-state index in [1.165, 1.54) is 24.6 Å². The van der Waals surface area contributed by atoms with Gasteiger partial charge in [-0.3, -0.25) is 4.79 Å². The number of carbonyl (C=O) groups is 1. The van der Waals surface area contributed by atoms with E-state index in [0.29, 0.717) is 5.56 Å². The molecule has 1 aliphatic rings. The third kappa shape index (κ3) is 5.77. The van der Waals surface area contributed by atoms with Crippen molar-refractivity contribution in [2.24, 2.45) is 0 Å². The number of amides is 1. The maximum Gasteiger partial charge on any atom is 0.217 e. The lowest BCUT2D eigenvalue weighted by Gasteiger charge is -2.30. The lowest BCUT2D eigenvalue weighted by Crippen LogP contribution is -2.48. The maximum absolute atomic E-state index is 13.5. The largest absolute Gasteiger partial charge is 0.497 e. The molecule has 0 bridgehead atoms. The van der Waals surface area contributed by atoms with Gasteiger partial charge in [-0.1, -0.05) is 6.07 Å². The number of carbonyl (C=O) groups excluding carboxylic acids is 1. The molecule has 30 heavy (non-hydrogen) atoms. The first-order valence-electron chi connectivity index (χ1n) is 10.2. The van der Waals surface area contributed by atoms with Gasteiger partial charge in [0.2, 0.25) is 5.91 Å². The third-order valence-electron chi connectivity index (χ3n) is 5.47. The van der Waals surface area contributed by atoms with Crippen LogP contribution in [0.5, 0.6) is 5.75 Å². The molecule has 0 fully saturated rings. The van der Waals surface area contributed by atoms with Gasteiger partial charge in [-0.15, -0.1) is 0 Å². The summed E-state index contributed by atoms with van der Waals surface area (Å²) in [4.78, 5) is 11.6. The molecule has 0 saturated carbocycles. The zero-order valence-corrected chi connectivity index (χ0v) is 17.3. The van der Waals surface area contributed by atoms with E-state index in [4.69, 9.17) is 4.74 Å². The molecule has 2 aromatic rings. The number of aliphatic hydroxyl groups excluding tert-OH is 1. The molecule has 162 valence electrons. The van der Waals surface area contributed by atoms with Crippen molar-refractivity contribution in [2.75, 3.05) is 13.7 Å². The lowest BCUT2D eigenvalue weighted by atomic mass is 9.87. The molecule has 0 aromatic heterocycles. The second kappa shape index (κ2) is 10.00. The number of halogens is 2. The summed E-state index contributed by atoms with van der Waals surface area (Å²) in [5.41, 5.74) is 2.77. The molecule has 3 N–H and O–H groups in total. The molecule has 7 heteroatoms. The van der Waals surface area contributed by atoms with Crippen LogP contribution in [-0.2, 0) is 17.6 Å². The van der Waals surface area contributed by atoms with Crippen molar-refractivity contribution in [2.45, 2.75) is 50.8 Å². The fraction of sp³-hybridized carbons (Fsp3) is 0.435. The molecule has 0 heterocycles. The van der Waals surface area contributed by atoms with Crippen molar-refractivity contribution in [3.8, 4) is 5.75 Å². The number of benzene rings is 2. The average Bonchev–Trinajstić information content (AvgIpc) is 2.70. The van der Waals surface area contributed by atoms with Gasteiger partial charge in [0.05, 0.1) is 19.3 Å². The molecule has 0 spiro atoms. The SMILES string of the molecule is COc1ccc2c(c1)C(NCC(O)C(Cc1cc(F)cc(F)c1)NC(C)=O)CCC2. The van der Waals surface area contributed by atoms with Crippen LogP contribution < -0.4 is 15.4 Å². The van der Waals surface area contributed by atoms with Gasteiger partial charge in [-0.25, -0.2) is 8.78 Å². The Kier molecular flexibility index (Phi) is 7.39. The van der Waals surface area contributed by atoms with Gasteiger partial charge >= 0.3 is 0 Å². The molecule has 0 aliphatic heterocycles. The van der Waals surface area contributed by atoms with Crippen LogP contribution in [0.1, 0.15) is 42.5 Å². The number of aliphatic hydroxyl groups is 1. The zero-order valence-electron chi connectivity index (χ0n) is 17.3. The predicted molar refractivity (Wildman–Crippen MR) is 110 cm³/mol. The van der Waals surface area contributed by atoms with Crippen molar-refractivity contribution in [1.29, 1.82) is 0 Å². The van der Waals surface area contributed by atoms with Crippen LogP contribution in [0.25, 0.3) is 0 Å². The summed E-state index contributed by atoms with van der Waals surface area (Å²) in [6.07, 6.45) is 2.14. The van der Waals surface area contributed by atoms with Gasteiger partial charge in [0.1, 0.15) is 17.4 Å². The second-order valence-corrected chi connectivity index (χ2v) is 7.77. The summed E-state index contributed by atoms with van der Waals surface area (Å²) < 4.78 is 32.4. The Morgan fingerprint density at radius 1 is 1.23 bits per heavy atom. The van der Waals surface area contributed by atoms with Crippen molar-refractivity contribution < 1.29 is 23.4 Å². The molecule has 5 nitrogen and oxygen atoms in total. The molecule has 3 rings (SSSR count). The lowest BCUT2D eigenvalue weighted by molar-refractivity contribution is -0.120. The Balaban J connectivity index is 1.69. The number of fused-ring (bicyclic) bond motifs is 1. The number of methoxy groups -OCH3 is 1. The highest BCUT2D eigenvalue weighted by Gasteiger charge is 2.25. The number of ether oxygens (including phenoxy) is 1. The van der Waals surface area contributed by atoms with Gasteiger partial charge in [0, 0.05) is 25.6 Å². The fourth-order valence-corrected chi connectivity index (χ4v) is 4.05. The highest BCUT2D eigenvalue weighted by Crippen LogP contribution is 2.32. The monoisotopic (exact) mass is 418 g/mol. The molecular formula is C23H28F2N2O3. The van der Waals surface area contributed by atoms with Gasteiger partial charge in [-0.05, 0) is 66.6 Å². The Labute approximate surface area is 175 Å². The molecule has 2 aromatic carbocycles. The quantitative estimate of drug-likeness (QED) is 0.616. The molecule has 0 saturated heterocycles. The standard InChI is InChI=1S/C23H28F2N2O3/c1-14(28)27-22(10-15-8-17(24)11-18(25)9-15)23(29)13-26-21-5-3-4-16-6-7-19(30-2)12-20(16)21/h6-9,11-12,21-23,26,29H,3-5,10,13H2,1-2H3,(H,27,28). The van der Waals surface area contributed by atoms with Gasteiger partial charge in [-0.2, -0.15) is 0 Å². The van der Waals surface area contributed by atoms with Crippen LogP contribution in [0.3, 0.4) is 0 Å². The van der Waals surface area contributed by atoms with E-state index in [-0.39, 0.29) is 24.9 Å². The topological polar surface area (TPSA) is 70.6 Å². The Bertz CT molecular complexity index is 870. The van der Waals surface area contributed by atoms with Crippen LogP contribution in [0.15, 0.2) is 36.4 Å². The van der Waals surface area contributed by atoms with Crippen LogP contribution in [0, 0.1) is 11.6 Å². The smallest absolute Gasteiger partial charge is 0.217 e. The minimum atomic E-state index is -0.934. The van der Waals surface area contributed by atoms with E-state index < -0.39 is 23.8 Å². The number of rotatable bonds is 8. The predicted octanol–water partition coefficient (Wildman–Crippen LogP) is 3.05. The summed E-state index contributed by atoms with van der Waals surface area (Å²) in [7, 11) is 1.63. The average molecular weight is 418 g/mol. The second-order valence-electron chi connectivity index (χ2n) is 7.77. The zero-order chi connectivity index (χ0) is 21.7. The first kappa shape index (κ1) is 22.2. The number of nitrogens with one attached hydrogen (secondary N) is 2. The van der Waals surface area contributed by atoms with Crippen LogP contribution in [0.4, 0.5) is 8.78 Å². The molecule has 1 aliphatic carbocycles. The van der Waals surface area contributed by atoms with Crippen molar-refractivity contribution in [1.82, 2.24) is 10.6 Å². The van der Waals surface area contributed by atoms with E-state index >= 15 is 0 Å². The Hall–Kier alpha value is -2.51. The van der Waals surface area contributed by atoms with E-state index in [1.807, 2.05) is 12.1 Å². The van der Waals surface area contributed by atoms with E-state index in [1.54, 1.807) is 7.11 Å². The number of hydrogen-bond donors (Lipinski definition) is 3. The summed E-state index contributed by atoms with van der Waals surface area (Å²) in [6, 6.07) is 8.62. The Morgan fingerprint density at radius 3 is 2.63 bits per heavy atom.